The summed E-state index contributed by atoms with van der Waals surface area (Å²) in [7, 11) is 0. The molecule has 14 heavy (non-hydrogen) atoms. The molecule has 0 unspecified atom stereocenters. The Balaban J connectivity index is 2.26. The summed E-state index contributed by atoms with van der Waals surface area (Å²) in [5, 5.41) is 6.62. The first kappa shape index (κ1) is 10.1. The number of hydrogen-bond donors (Lipinski definition) is 2. The minimum Gasteiger partial charge on any atom is -0.314 e. The van der Waals surface area contributed by atoms with Gasteiger partial charge in [-0.25, -0.2) is 4.39 Å². The van der Waals surface area contributed by atoms with Gasteiger partial charge >= 0.3 is 0 Å². The first-order chi connectivity index (χ1) is 6.79. The first-order valence-electron chi connectivity index (χ1n) is 4.67. The van der Waals surface area contributed by atoms with Gasteiger partial charge in [0.25, 0.3) is 0 Å². The number of hydrogen-bond acceptors (Lipinski definition) is 2. The highest BCUT2D eigenvalue weighted by Gasteiger charge is 2.17. The second kappa shape index (κ2) is 4.38. The summed E-state index contributed by atoms with van der Waals surface area (Å²) < 4.78 is 13.8. The van der Waals surface area contributed by atoms with E-state index in [2.05, 4.69) is 26.6 Å². The Morgan fingerprint density at radius 2 is 2.21 bits per heavy atom. The summed E-state index contributed by atoms with van der Waals surface area (Å²) in [4.78, 5) is 0. The quantitative estimate of drug-likeness (QED) is 0.803. The molecule has 0 aliphatic carbocycles. The summed E-state index contributed by atoms with van der Waals surface area (Å²) in [5.74, 6) is -0.199. The van der Waals surface area contributed by atoms with Gasteiger partial charge in [0.1, 0.15) is 5.82 Å². The molecule has 0 radical (unpaired) electrons. The Bertz CT molecular complexity index is 324. The minimum atomic E-state index is -0.199. The molecular weight excluding hydrogens is 247 g/mol. The van der Waals surface area contributed by atoms with E-state index < -0.39 is 0 Å². The van der Waals surface area contributed by atoms with Crippen molar-refractivity contribution in [2.24, 2.45) is 0 Å². The highest BCUT2D eigenvalue weighted by Crippen LogP contribution is 2.26. The van der Waals surface area contributed by atoms with Gasteiger partial charge in [-0.05, 0) is 27.6 Å². The van der Waals surface area contributed by atoms with Gasteiger partial charge in [-0.1, -0.05) is 12.1 Å². The van der Waals surface area contributed by atoms with Crippen molar-refractivity contribution >= 4 is 15.9 Å². The standard InChI is InChI=1S/C10H12BrFN2/c11-10-7(2-1-3-8(10)12)9-6-13-4-5-14-9/h1-3,9,13-14H,4-6H2/t9-/m0/s1. The fraction of sp³-hybridized carbons (Fsp3) is 0.400. The van der Waals surface area contributed by atoms with E-state index in [4.69, 9.17) is 0 Å². The summed E-state index contributed by atoms with van der Waals surface area (Å²) in [6.45, 7) is 2.75. The molecule has 1 aromatic carbocycles. The van der Waals surface area contributed by atoms with Crippen molar-refractivity contribution < 1.29 is 4.39 Å². The number of rotatable bonds is 1. The predicted molar refractivity (Wildman–Crippen MR) is 57.7 cm³/mol. The molecule has 0 spiro atoms. The van der Waals surface area contributed by atoms with Crippen molar-refractivity contribution in [3.63, 3.8) is 0 Å². The summed E-state index contributed by atoms with van der Waals surface area (Å²) >= 11 is 3.27. The van der Waals surface area contributed by atoms with Crippen molar-refractivity contribution in [2.75, 3.05) is 19.6 Å². The SMILES string of the molecule is Fc1cccc([C@@H]2CNCCN2)c1Br. The van der Waals surface area contributed by atoms with Gasteiger partial charge in [-0.3, -0.25) is 0 Å². The van der Waals surface area contributed by atoms with Crippen LogP contribution in [-0.4, -0.2) is 19.6 Å². The molecule has 0 amide bonds. The number of benzene rings is 1. The molecule has 2 rings (SSSR count). The van der Waals surface area contributed by atoms with Crippen molar-refractivity contribution in [3.8, 4) is 0 Å². The normalized spacial score (nSPS) is 22.3. The number of piperazine rings is 1. The molecule has 1 heterocycles. The van der Waals surface area contributed by atoms with Crippen LogP contribution < -0.4 is 10.6 Å². The Labute approximate surface area is 91.0 Å². The summed E-state index contributed by atoms with van der Waals surface area (Å²) in [5.41, 5.74) is 0.984. The van der Waals surface area contributed by atoms with E-state index in [1.165, 1.54) is 6.07 Å². The van der Waals surface area contributed by atoms with Crippen molar-refractivity contribution in [1.29, 1.82) is 0 Å². The molecule has 1 fully saturated rings. The molecule has 2 N–H and O–H groups in total. The van der Waals surface area contributed by atoms with Crippen LogP contribution in [0, 0.1) is 5.82 Å². The zero-order valence-corrected chi connectivity index (χ0v) is 9.27. The van der Waals surface area contributed by atoms with Crippen LogP contribution in [0.4, 0.5) is 4.39 Å². The lowest BCUT2D eigenvalue weighted by molar-refractivity contribution is 0.427. The van der Waals surface area contributed by atoms with Gasteiger partial charge in [0.05, 0.1) is 4.47 Å². The molecule has 4 heteroatoms. The monoisotopic (exact) mass is 258 g/mol. The van der Waals surface area contributed by atoms with Crippen molar-refractivity contribution in [1.82, 2.24) is 10.6 Å². The smallest absolute Gasteiger partial charge is 0.137 e. The largest absolute Gasteiger partial charge is 0.314 e. The van der Waals surface area contributed by atoms with Crippen LogP contribution in [-0.2, 0) is 0 Å². The van der Waals surface area contributed by atoms with E-state index in [1.807, 2.05) is 6.07 Å². The number of nitrogens with one attached hydrogen (secondary N) is 2. The lowest BCUT2D eigenvalue weighted by Crippen LogP contribution is -2.42. The molecule has 76 valence electrons. The van der Waals surface area contributed by atoms with E-state index in [1.54, 1.807) is 6.07 Å². The highest BCUT2D eigenvalue weighted by atomic mass is 79.9. The van der Waals surface area contributed by atoms with E-state index in [0.29, 0.717) is 4.47 Å². The molecule has 1 aliphatic rings. The average Bonchev–Trinajstić information content (AvgIpc) is 2.23. The molecule has 2 nitrogen and oxygen atoms in total. The third-order valence-electron chi connectivity index (χ3n) is 2.40. The Morgan fingerprint density at radius 3 is 2.93 bits per heavy atom. The lowest BCUT2D eigenvalue weighted by Gasteiger charge is -2.25. The van der Waals surface area contributed by atoms with Crippen LogP contribution in [0.5, 0.6) is 0 Å². The molecule has 1 aliphatic heterocycles. The van der Waals surface area contributed by atoms with Crippen LogP contribution in [0.25, 0.3) is 0 Å². The fourth-order valence-corrected chi connectivity index (χ4v) is 2.20. The summed E-state index contributed by atoms with van der Waals surface area (Å²) in [6, 6.07) is 5.35. The molecular formula is C10H12BrFN2. The van der Waals surface area contributed by atoms with Gasteiger partial charge < -0.3 is 10.6 Å². The van der Waals surface area contributed by atoms with E-state index in [0.717, 1.165) is 25.2 Å². The molecule has 0 saturated carbocycles. The van der Waals surface area contributed by atoms with Crippen LogP contribution in [0.3, 0.4) is 0 Å². The maximum atomic E-state index is 13.2. The Kier molecular flexibility index (Phi) is 3.15. The van der Waals surface area contributed by atoms with Crippen LogP contribution >= 0.6 is 15.9 Å². The van der Waals surface area contributed by atoms with Gasteiger partial charge in [0, 0.05) is 25.7 Å². The highest BCUT2D eigenvalue weighted by molar-refractivity contribution is 9.10. The fourth-order valence-electron chi connectivity index (χ4n) is 1.66. The van der Waals surface area contributed by atoms with Crippen LogP contribution in [0.1, 0.15) is 11.6 Å². The predicted octanol–water partition coefficient (Wildman–Crippen LogP) is 1.82. The minimum absolute atomic E-state index is 0.199. The van der Waals surface area contributed by atoms with E-state index in [-0.39, 0.29) is 11.9 Å². The second-order valence-electron chi connectivity index (χ2n) is 3.35. The first-order valence-corrected chi connectivity index (χ1v) is 5.46. The van der Waals surface area contributed by atoms with Gasteiger partial charge in [0.2, 0.25) is 0 Å². The zero-order valence-electron chi connectivity index (χ0n) is 7.69. The van der Waals surface area contributed by atoms with Crippen LogP contribution in [0.15, 0.2) is 22.7 Å². The summed E-state index contributed by atoms with van der Waals surface area (Å²) in [6.07, 6.45) is 0. The third kappa shape index (κ3) is 1.97. The Morgan fingerprint density at radius 1 is 1.36 bits per heavy atom. The molecule has 1 atom stereocenters. The average molecular weight is 259 g/mol. The number of halogens is 2. The van der Waals surface area contributed by atoms with Gasteiger partial charge in [0.15, 0.2) is 0 Å². The maximum Gasteiger partial charge on any atom is 0.137 e. The molecule has 1 saturated heterocycles. The Hall–Kier alpha value is -0.450. The zero-order chi connectivity index (χ0) is 9.97. The van der Waals surface area contributed by atoms with E-state index >= 15 is 0 Å². The van der Waals surface area contributed by atoms with Crippen molar-refractivity contribution in [3.05, 3.63) is 34.1 Å². The lowest BCUT2D eigenvalue weighted by atomic mass is 10.1. The second-order valence-corrected chi connectivity index (χ2v) is 4.15. The molecule has 0 aromatic heterocycles. The maximum absolute atomic E-state index is 13.2. The third-order valence-corrected chi connectivity index (χ3v) is 3.23. The van der Waals surface area contributed by atoms with Gasteiger partial charge in [-0.2, -0.15) is 0 Å². The topological polar surface area (TPSA) is 24.1 Å². The molecule has 1 aromatic rings. The van der Waals surface area contributed by atoms with Crippen LogP contribution in [0.2, 0.25) is 0 Å². The molecule has 0 bridgehead atoms. The van der Waals surface area contributed by atoms with Gasteiger partial charge in [-0.15, -0.1) is 0 Å². The van der Waals surface area contributed by atoms with E-state index in [9.17, 15) is 4.39 Å². The van der Waals surface area contributed by atoms with Crippen molar-refractivity contribution in [2.45, 2.75) is 6.04 Å².